The van der Waals surface area contributed by atoms with Crippen LogP contribution in [0.5, 0.6) is 0 Å². The summed E-state index contributed by atoms with van der Waals surface area (Å²) in [6, 6.07) is 7.62. The Kier molecular flexibility index (Phi) is 4.37. The van der Waals surface area contributed by atoms with E-state index in [0.717, 1.165) is 17.4 Å². The molecule has 8 heteroatoms. The lowest BCUT2D eigenvalue weighted by molar-refractivity contribution is -0.119. The lowest BCUT2D eigenvalue weighted by atomic mass is 10.1. The fraction of sp³-hybridized carbons (Fsp3) is 0.308. The van der Waals surface area contributed by atoms with E-state index in [-0.39, 0.29) is 18.7 Å². The van der Waals surface area contributed by atoms with Crippen LogP contribution in [-0.4, -0.2) is 30.7 Å². The van der Waals surface area contributed by atoms with Crippen LogP contribution in [0.15, 0.2) is 28.8 Å². The molecule has 0 aliphatic heterocycles. The molecule has 7 nitrogen and oxygen atoms in total. The Morgan fingerprint density at radius 1 is 1.29 bits per heavy atom. The number of amides is 1. The Balaban J connectivity index is 1.97. The lowest BCUT2D eigenvalue weighted by Crippen LogP contribution is -2.29. The number of benzene rings is 1. The second-order valence-corrected chi connectivity index (χ2v) is 6.42. The first-order valence-corrected chi connectivity index (χ1v) is 8.13. The number of aryl methyl sites for hydroxylation is 2. The van der Waals surface area contributed by atoms with Crippen molar-refractivity contribution in [1.82, 2.24) is 14.9 Å². The maximum Gasteiger partial charge on any atom is 0.233 e. The molecule has 1 N–H and O–H groups in total. The number of nitrogens with one attached hydrogen (secondary N) is 1. The minimum absolute atomic E-state index is 0.0391. The highest BCUT2D eigenvalue weighted by molar-refractivity contribution is 7.89. The van der Waals surface area contributed by atoms with Gasteiger partial charge in [-0.15, -0.1) is 0 Å². The van der Waals surface area contributed by atoms with E-state index < -0.39 is 15.9 Å². The fourth-order valence-corrected chi connectivity index (χ4v) is 2.17. The summed E-state index contributed by atoms with van der Waals surface area (Å²) in [4.78, 5) is 15.5. The van der Waals surface area contributed by atoms with Crippen molar-refractivity contribution >= 4 is 15.9 Å². The van der Waals surface area contributed by atoms with Gasteiger partial charge in [-0.1, -0.05) is 35.0 Å². The van der Waals surface area contributed by atoms with Crippen LogP contribution in [0.1, 0.15) is 17.9 Å². The Morgan fingerprint density at radius 2 is 1.95 bits per heavy atom. The summed E-state index contributed by atoms with van der Waals surface area (Å²) < 4.78 is 28.7. The lowest BCUT2D eigenvalue weighted by Gasteiger charge is -1.99. The molecule has 21 heavy (non-hydrogen) atoms. The summed E-state index contributed by atoms with van der Waals surface area (Å²) in [6.07, 6.45) is 1.07. The van der Waals surface area contributed by atoms with E-state index in [9.17, 15) is 13.2 Å². The van der Waals surface area contributed by atoms with Gasteiger partial charge in [-0.05, 0) is 6.92 Å². The van der Waals surface area contributed by atoms with Gasteiger partial charge in [-0.3, -0.25) is 9.52 Å². The molecule has 112 valence electrons. The number of carbonyl (C=O) groups is 1. The number of aromatic nitrogens is 2. The van der Waals surface area contributed by atoms with Crippen LogP contribution < -0.4 is 4.72 Å². The highest BCUT2D eigenvalue weighted by Gasteiger charge is 2.12. The van der Waals surface area contributed by atoms with Crippen molar-refractivity contribution in [3.8, 4) is 11.4 Å². The summed E-state index contributed by atoms with van der Waals surface area (Å²) in [5.41, 5.74) is 1.94. The molecule has 0 atom stereocenters. The van der Waals surface area contributed by atoms with Gasteiger partial charge in [0.05, 0.1) is 6.26 Å². The van der Waals surface area contributed by atoms with Crippen molar-refractivity contribution in [2.75, 3.05) is 6.26 Å². The molecule has 0 saturated heterocycles. The average Bonchev–Trinajstić information content (AvgIpc) is 2.84. The van der Waals surface area contributed by atoms with E-state index in [1.807, 2.05) is 35.9 Å². The Bertz CT molecular complexity index is 735. The van der Waals surface area contributed by atoms with Crippen LogP contribution in [0.4, 0.5) is 0 Å². The SMILES string of the molecule is Cc1ccc(-c2noc(CCC(=O)NS(C)(=O)=O)n2)cc1. The predicted octanol–water partition coefficient (Wildman–Crippen LogP) is 1.05. The van der Waals surface area contributed by atoms with E-state index in [0.29, 0.717) is 5.82 Å². The summed E-state index contributed by atoms with van der Waals surface area (Å²) >= 11 is 0. The molecule has 1 aromatic carbocycles. The topological polar surface area (TPSA) is 102 Å². The average molecular weight is 309 g/mol. The van der Waals surface area contributed by atoms with Gasteiger partial charge >= 0.3 is 0 Å². The molecular weight excluding hydrogens is 294 g/mol. The third-order valence-electron chi connectivity index (χ3n) is 2.64. The molecule has 1 amide bonds. The minimum Gasteiger partial charge on any atom is -0.339 e. The number of nitrogens with zero attached hydrogens (tertiary/aromatic N) is 2. The first-order chi connectivity index (χ1) is 9.83. The van der Waals surface area contributed by atoms with Crippen LogP contribution >= 0.6 is 0 Å². The monoisotopic (exact) mass is 309 g/mol. The van der Waals surface area contributed by atoms with Gasteiger partial charge in [0.2, 0.25) is 27.6 Å². The summed E-state index contributed by atoms with van der Waals surface area (Å²) in [6.45, 7) is 1.98. The van der Waals surface area contributed by atoms with Gasteiger partial charge < -0.3 is 4.52 Å². The zero-order valence-corrected chi connectivity index (χ0v) is 12.5. The molecule has 0 fully saturated rings. The summed E-state index contributed by atoms with van der Waals surface area (Å²) in [5, 5.41) is 3.83. The Morgan fingerprint density at radius 3 is 2.57 bits per heavy atom. The third kappa shape index (κ3) is 4.67. The maximum absolute atomic E-state index is 11.4. The van der Waals surface area contributed by atoms with Crippen LogP contribution in [0.3, 0.4) is 0 Å². The van der Waals surface area contributed by atoms with Crippen LogP contribution in [0, 0.1) is 6.92 Å². The molecule has 0 aliphatic carbocycles. The van der Waals surface area contributed by atoms with Gasteiger partial charge in [0.25, 0.3) is 0 Å². The molecule has 1 heterocycles. The number of hydrogen-bond acceptors (Lipinski definition) is 6. The maximum atomic E-state index is 11.4. The van der Waals surface area contributed by atoms with E-state index in [2.05, 4.69) is 10.1 Å². The third-order valence-corrected chi connectivity index (χ3v) is 3.24. The minimum atomic E-state index is -3.54. The number of hydrogen-bond donors (Lipinski definition) is 1. The van der Waals surface area contributed by atoms with Gasteiger partial charge in [0.15, 0.2) is 0 Å². The van der Waals surface area contributed by atoms with Crippen molar-refractivity contribution in [2.45, 2.75) is 19.8 Å². The number of sulfonamides is 1. The van der Waals surface area contributed by atoms with Gasteiger partial charge in [0.1, 0.15) is 0 Å². The molecule has 0 spiro atoms. The van der Waals surface area contributed by atoms with Gasteiger partial charge in [-0.2, -0.15) is 4.98 Å². The molecular formula is C13H15N3O4S. The quantitative estimate of drug-likeness (QED) is 0.885. The van der Waals surface area contributed by atoms with Gasteiger partial charge in [0, 0.05) is 18.4 Å². The van der Waals surface area contributed by atoms with E-state index in [1.165, 1.54) is 0 Å². The van der Waals surface area contributed by atoms with Crippen molar-refractivity contribution in [2.24, 2.45) is 0 Å². The van der Waals surface area contributed by atoms with Crippen molar-refractivity contribution in [3.63, 3.8) is 0 Å². The molecule has 2 aromatic rings. The van der Waals surface area contributed by atoms with Crippen LogP contribution in [0.2, 0.25) is 0 Å². The van der Waals surface area contributed by atoms with E-state index >= 15 is 0 Å². The molecule has 0 radical (unpaired) electrons. The summed E-state index contributed by atoms with van der Waals surface area (Å²) in [7, 11) is -3.54. The Labute approximate surface area is 122 Å². The van der Waals surface area contributed by atoms with Gasteiger partial charge in [-0.25, -0.2) is 8.42 Å². The number of rotatable bonds is 5. The first-order valence-electron chi connectivity index (χ1n) is 6.24. The van der Waals surface area contributed by atoms with Crippen LogP contribution in [0.25, 0.3) is 11.4 Å². The molecule has 0 unspecified atom stereocenters. The molecule has 0 aliphatic rings. The van der Waals surface area contributed by atoms with Crippen molar-refractivity contribution < 1.29 is 17.7 Å². The molecule has 1 aromatic heterocycles. The fourth-order valence-electron chi connectivity index (χ4n) is 1.65. The van der Waals surface area contributed by atoms with E-state index in [1.54, 1.807) is 0 Å². The molecule has 0 bridgehead atoms. The summed E-state index contributed by atoms with van der Waals surface area (Å²) in [5.74, 6) is 0.121. The molecule has 2 rings (SSSR count). The standard InChI is InChI=1S/C13H15N3O4S/c1-9-3-5-10(6-4-9)13-14-12(20-15-13)8-7-11(17)16-21(2,18)19/h3-6H,7-8H2,1-2H3,(H,16,17). The Hall–Kier alpha value is -2.22. The van der Waals surface area contributed by atoms with E-state index in [4.69, 9.17) is 4.52 Å². The number of carbonyl (C=O) groups excluding carboxylic acids is 1. The second kappa shape index (κ2) is 6.04. The predicted molar refractivity (Wildman–Crippen MR) is 75.8 cm³/mol. The zero-order valence-electron chi connectivity index (χ0n) is 11.7. The zero-order chi connectivity index (χ0) is 15.5. The smallest absolute Gasteiger partial charge is 0.233 e. The second-order valence-electron chi connectivity index (χ2n) is 4.68. The highest BCUT2D eigenvalue weighted by Crippen LogP contribution is 2.16. The van der Waals surface area contributed by atoms with Crippen molar-refractivity contribution in [3.05, 3.63) is 35.7 Å². The normalized spacial score (nSPS) is 11.3. The molecule has 0 saturated carbocycles. The van der Waals surface area contributed by atoms with Crippen LogP contribution in [-0.2, 0) is 21.2 Å². The van der Waals surface area contributed by atoms with Crippen molar-refractivity contribution in [1.29, 1.82) is 0 Å². The first kappa shape index (κ1) is 15.2. The highest BCUT2D eigenvalue weighted by atomic mass is 32.2. The largest absolute Gasteiger partial charge is 0.339 e.